The molecule has 0 aromatic heterocycles. The van der Waals surface area contributed by atoms with Crippen LogP contribution in [0.25, 0.3) is 0 Å². The summed E-state index contributed by atoms with van der Waals surface area (Å²) < 4.78 is 5.12. The smallest absolute Gasteiger partial charge is 0.234 e. The van der Waals surface area contributed by atoms with E-state index in [9.17, 15) is 9.59 Å². The lowest BCUT2D eigenvalue weighted by atomic mass is 10.0. The molecule has 1 amide bonds. The summed E-state index contributed by atoms with van der Waals surface area (Å²) >= 11 is 13.6. The molecule has 1 N–H and O–H groups in total. The van der Waals surface area contributed by atoms with Gasteiger partial charge in [0.05, 0.1) is 23.6 Å². The van der Waals surface area contributed by atoms with Gasteiger partial charge in [0, 0.05) is 21.0 Å². The number of hydrogen-bond donors (Lipinski definition) is 1. The quantitative estimate of drug-likeness (QED) is 0.359. The van der Waals surface area contributed by atoms with E-state index in [1.54, 1.807) is 43.5 Å². The van der Waals surface area contributed by atoms with Crippen molar-refractivity contribution in [2.45, 2.75) is 4.90 Å². The summed E-state index contributed by atoms with van der Waals surface area (Å²) in [5.41, 5.74) is 1.02. The highest BCUT2D eigenvalue weighted by molar-refractivity contribution is 8.00. The van der Waals surface area contributed by atoms with Crippen LogP contribution in [0.4, 0.5) is 5.69 Å². The van der Waals surface area contributed by atoms with Crippen molar-refractivity contribution in [1.29, 1.82) is 0 Å². The number of amides is 1. The third kappa shape index (κ3) is 5.54. The zero-order chi connectivity index (χ0) is 20.8. The lowest BCUT2D eigenvalue weighted by Crippen LogP contribution is -2.17. The normalized spacial score (nSPS) is 10.4. The molecule has 0 aliphatic heterocycles. The lowest BCUT2D eigenvalue weighted by Gasteiger charge is -2.12. The van der Waals surface area contributed by atoms with E-state index in [0.717, 1.165) is 10.6 Å². The zero-order valence-electron chi connectivity index (χ0n) is 15.4. The maximum atomic E-state index is 12.9. The maximum absolute atomic E-state index is 12.9. The molecule has 0 spiro atoms. The first-order valence-electron chi connectivity index (χ1n) is 8.63. The molecule has 3 rings (SSSR count). The second-order valence-electron chi connectivity index (χ2n) is 6.01. The minimum Gasteiger partial charge on any atom is -0.497 e. The average Bonchev–Trinajstić information content (AvgIpc) is 2.74. The third-order valence-electron chi connectivity index (χ3n) is 4.05. The molecule has 0 bridgehead atoms. The van der Waals surface area contributed by atoms with Crippen LogP contribution < -0.4 is 10.1 Å². The van der Waals surface area contributed by atoms with Gasteiger partial charge in [-0.1, -0.05) is 35.3 Å². The van der Waals surface area contributed by atoms with Gasteiger partial charge in [-0.3, -0.25) is 9.59 Å². The summed E-state index contributed by atoms with van der Waals surface area (Å²) in [6, 6.07) is 18.9. The summed E-state index contributed by atoms with van der Waals surface area (Å²) in [6.07, 6.45) is 0. The molecule has 3 aromatic rings. The van der Waals surface area contributed by atoms with E-state index in [-0.39, 0.29) is 23.0 Å². The zero-order valence-corrected chi connectivity index (χ0v) is 17.8. The third-order valence-corrected chi connectivity index (χ3v) is 5.62. The highest BCUT2D eigenvalue weighted by atomic mass is 35.5. The molecule has 0 unspecified atom stereocenters. The van der Waals surface area contributed by atoms with Gasteiger partial charge in [-0.05, 0) is 54.6 Å². The Morgan fingerprint density at radius 1 is 0.966 bits per heavy atom. The average molecular weight is 446 g/mol. The highest BCUT2D eigenvalue weighted by Gasteiger charge is 2.18. The Balaban J connectivity index is 1.74. The van der Waals surface area contributed by atoms with Gasteiger partial charge in [0.25, 0.3) is 0 Å². The predicted octanol–water partition coefficient (Wildman–Crippen LogP) is 5.96. The van der Waals surface area contributed by atoms with E-state index < -0.39 is 0 Å². The van der Waals surface area contributed by atoms with Crippen molar-refractivity contribution in [1.82, 2.24) is 0 Å². The van der Waals surface area contributed by atoms with Gasteiger partial charge in [0.2, 0.25) is 5.91 Å². The Labute approximate surface area is 183 Å². The number of ether oxygens (including phenoxy) is 1. The van der Waals surface area contributed by atoms with Crippen LogP contribution in [-0.4, -0.2) is 24.6 Å². The lowest BCUT2D eigenvalue weighted by molar-refractivity contribution is -0.113. The largest absolute Gasteiger partial charge is 0.497 e. The van der Waals surface area contributed by atoms with E-state index in [0.29, 0.717) is 21.3 Å². The van der Waals surface area contributed by atoms with Crippen LogP contribution in [0.1, 0.15) is 15.9 Å². The van der Waals surface area contributed by atoms with Crippen molar-refractivity contribution in [3.63, 3.8) is 0 Å². The van der Waals surface area contributed by atoms with Gasteiger partial charge >= 0.3 is 0 Å². The number of carbonyl (C=O) groups is 2. The number of rotatable bonds is 7. The Morgan fingerprint density at radius 3 is 2.38 bits per heavy atom. The van der Waals surface area contributed by atoms with E-state index in [1.807, 2.05) is 24.3 Å². The molecule has 3 aromatic carbocycles. The number of carbonyl (C=O) groups excluding carboxylic acids is 2. The number of anilines is 1. The molecule has 0 saturated heterocycles. The van der Waals surface area contributed by atoms with Crippen LogP contribution in [0.3, 0.4) is 0 Å². The van der Waals surface area contributed by atoms with Gasteiger partial charge in [-0.25, -0.2) is 0 Å². The minimum absolute atomic E-state index is 0.189. The Kier molecular flexibility index (Phi) is 7.20. The molecular weight excluding hydrogens is 429 g/mol. The van der Waals surface area contributed by atoms with Gasteiger partial charge in [0.15, 0.2) is 5.78 Å². The molecule has 0 aliphatic carbocycles. The van der Waals surface area contributed by atoms with E-state index in [1.165, 1.54) is 17.8 Å². The number of ketones is 1. The van der Waals surface area contributed by atoms with E-state index in [4.69, 9.17) is 27.9 Å². The molecular formula is C22H17Cl2NO3S. The van der Waals surface area contributed by atoms with Crippen molar-refractivity contribution in [3.05, 3.63) is 87.9 Å². The van der Waals surface area contributed by atoms with Crippen LogP contribution in [0.15, 0.2) is 71.6 Å². The topological polar surface area (TPSA) is 55.4 Å². The fourth-order valence-corrected chi connectivity index (χ4v) is 3.70. The number of nitrogens with one attached hydrogen (secondary N) is 1. The first-order chi connectivity index (χ1) is 14.0. The van der Waals surface area contributed by atoms with Gasteiger partial charge in [0.1, 0.15) is 5.75 Å². The molecule has 7 heteroatoms. The Morgan fingerprint density at radius 2 is 1.69 bits per heavy atom. The van der Waals surface area contributed by atoms with E-state index >= 15 is 0 Å². The second kappa shape index (κ2) is 9.83. The summed E-state index contributed by atoms with van der Waals surface area (Å²) in [6.45, 7) is 0. The Hall–Kier alpha value is -2.47. The van der Waals surface area contributed by atoms with Crippen molar-refractivity contribution in [2.75, 3.05) is 18.2 Å². The number of methoxy groups -OCH3 is 1. The van der Waals surface area contributed by atoms with E-state index in [2.05, 4.69) is 5.32 Å². The van der Waals surface area contributed by atoms with Gasteiger partial charge in [-0.15, -0.1) is 11.8 Å². The number of thioether (sulfide) groups is 1. The highest BCUT2D eigenvalue weighted by Crippen LogP contribution is 2.27. The fraction of sp³-hybridized carbons (Fsp3) is 0.0909. The van der Waals surface area contributed by atoms with Crippen molar-refractivity contribution in [3.8, 4) is 5.75 Å². The fourth-order valence-electron chi connectivity index (χ4n) is 2.61. The van der Waals surface area contributed by atoms with Crippen molar-refractivity contribution >= 4 is 52.3 Å². The molecule has 148 valence electrons. The minimum atomic E-state index is -0.309. The Bertz CT molecular complexity index is 1040. The second-order valence-corrected chi connectivity index (χ2v) is 7.90. The maximum Gasteiger partial charge on any atom is 0.234 e. The molecule has 4 nitrogen and oxygen atoms in total. The SMILES string of the molecule is COc1ccc(SCC(=O)Nc2ccc(Cl)cc2C(=O)c2ccccc2Cl)cc1. The van der Waals surface area contributed by atoms with Gasteiger partial charge in [-0.2, -0.15) is 0 Å². The van der Waals surface area contributed by atoms with Crippen LogP contribution in [-0.2, 0) is 4.79 Å². The molecule has 0 radical (unpaired) electrons. The first-order valence-corrected chi connectivity index (χ1v) is 10.4. The predicted molar refractivity (Wildman–Crippen MR) is 119 cm³/mol. The standard InChI is InChI=1S/C22H17Cl2NO3S/c1-28-15-7-9-16(10-8-15)29-13-21(26)25-20-11-6-14(23)12-18(20)22(27)17-4-2-3-5-19(17)24/h2-12H,13H2,1H3,(H,25,26). The first kappa shape index (κ1) is 21.2. The van der Waals surface area contributed by atoms with Crippen LogP contribution in [0.2, 0.25) is 10.0 Å². The molecule has 0 fully saturated rings. The summed E-state index contributed by atoms with van der Waals surface area (Å²) in [5.74, 6) is 0.398. The molecule has 0 atom stereocenters. The summed E-state index contributed by atoms with van der Waals surface area (Å²) in [4.78, 5) is 26.3. The summed E-state index contributed by atoms with van der Waals surface area (Å²) in [5, 5.41) is 3.53. The molecule has 0 heterocycles. The molecule has 0 saturated carbocycles. The van der Waals surface area contributed by atoms with Crippen molar-refractivity contribution in [2.24, 2.45) is 0 Å². The number of halogens is 2. The van der Waals surface area contributed by atoms with Crippen molar-refractivity contribution < 1.29 is 14.3 Å². The van der Waals surface area contributed by atoms with Crippen LogP contribution >= 0.6 is 35.0 Å². The van der Waals surface area contributed by atoms with Gasteiger partial charge < -0.3 is 10.1 Å². The van der Waals surface area contributed by atoms with Crippen LogP contribution in [0, 0.1) is 0 Å². The number of hydrogen-bond acceptors (Lipinski definition) is 4. The summed E-state index contributed by atoms with van der Waals surface area (Å²) in [7, 11) is 1.60. The number of benzene rings is 3. The van der Waals surface area contributed by atoms with Crippen LogP contribution in [0.5, 0.6) is 5.75 Å². The monoisotopic (exact) mass is 445 g/mol. The molecule has 29 heavy (non-hydrogen) atoms. The molecule has 0 aliphatic rings.